The zero-order chi connectivity index (χ0) is 38.4. The number of carbonyl (C=O) groups excluding carboxylic acids is 4. The molecule has 0 radical (unpaired) electrons. The molecule has 0 aliphatic rings. The Morgan fingerprint density at radius 1 is 0.653 bits per heavy atom. The maximum absolute atomic E-state index is 11.2. The minimum absolute atomic E-state index is 0. The van der Waals surface area contributed by atoms with Crippen LogP contribution in [-0.4, -0.2) is 66.9 Å². The third-order valence-corrected chi connectivity index (χ3v) is 11.4. The maximum Gasteiger partial charge on any atom is 1.00 e. The van der Waals surface area contributed by atoms with Crippen LogP contribution in [0.25, 0.3) is 0 Å². The molecule has 0 heterocycles. The predicted molar refractivity (Wildman–Crippen MR) is 207 cm³/mol. The topological polar surface area (TPSA) is 152 Å². The van der Waals surface area contributed by atoms with Crippen LogP contribution >= 0.6 is 39.5 Å². The van der Waals surface area contributed by atoms with Gasteiger partial charge in [-0.1, -0.05) is 120 Å². The van der Waals surface area contributed by atoms with E-state index in [1.807, 2.05) is 20.8 Å². The van der Waals surface area contributed by atoms with E-state index in [0.717, 1.165) is 75.3 Å². The second-order valence-corrected chi connectivity index (χ2v) is 15.4. The summed E-state index contributed by atoms with van der Waals surface area (Å²) in [5.41, 5.74) is -1.29. The summed E-state index contributed by atoms with van der Waals surface area (Å²) in [4.78, 5) is 64.3. The Morgan fingerprint density at radius 2 is 1.02 bits per heavy atom. The van der Waals surface area contributed by atoms with Crippen molar-refractivity contribution < 1.29 is 95.1 Å². The molecule has 0 aromatic heterocycles. The summed E-state index contributed by atoms with van der Waals surface area (Å²) < 4.78 is 5.16. The summed E-state index contributed by atoms with van der Waals surface area (Å²) >= 11 is 9.72. The van der Waals surface area contributed by atoms with E-state index >= 15 is 0 Å². The fourth-order valence-corrected chi connectivity index (χ4v) is 7.03. The Hall–Kier alpha value is 0.456. The van der Waals surface area contributed by atoms with Crippen molar-refractivity contribution in [2.45, 2.75) is 146 Å². The normalized spacial score (nSPS) is 13.7. The van der Waals surface area contributed by atoms with Gasteiger partial charge in [0.25, 0.3) is 0 Å². The molecular formula is C35H64BrKO9S3. The SMILES string of the molecule is CC(=O)[S-].CCCC[C@@](CC)(COC(C)=O)CSC(C)=O.CCCC[C@](CC)(CBr)C(=O)O.CCCC[C@](CC)(CSC(C)=O)C(=O)O.[K+]. The van der Waals surface area contributed by atoms with E-state index in [9.17, 15) is 33.9 Å². The number of esters is 1. The largest absolute Gasteiger partial charge is 1.00 e. The molecule has 0 bridgehead atoms. The number of carbonyl (C=O) groups is 6. The molecule has 0 saturated carbocycles. The first-order valence-electron chi connectivity index (χ1n) is 16.9. The number of rotatable bonds is 21. The quantitative estimate of drug-likeness (QED) is 0.0563. The van der Waals surface area contributed by atoms with Gasteiger partial charge in [-0.3, -0.25) is 24.0 Å². The zero-order valence-electron chi connectivity index (χ0n) is 32.2. The maximum atomic E-state index is 11.2. The van der Waals surface area contributed by atoms with E-state index < -0.39 is 22.8 Å². The first-order chi connectivity index (χ1) is 22.3. The van der Waals surface area contributed by atoms with E-state index in [4.69, 9.17) is 9.84 Å². The second-order valence-electron chi connectivity index (χ2n) is 12.0. The summed E-state index contributed by atoms with van der Waals surface area (Å²) in [6, 6.07) is 0. The standard InChI is InChI=1S/C13H24O3S.C11H20O3S.C9H17BrO2.C2H4OS.K/c1-5-7-8-13(6-2,9-16-11(3)14)10-17-12(4)15;1-4-6-7-11(5-2,10(13)14)8-15-9(3)12;1-3-5-6-9(4-2,7-10)8(11)12;1-2(3)4;/h5-10H2,1-4H3;4-8H2,1-3H3,(H,13,14);3-7H2,1-2H3,(H,11,12);1H3,(H,3,4);/q;;;;+1/p-1/t13-;11-;9-;;/m011../s1. The van der Waals surface area contributed by atoms with Crippen LogP contribution < -0.4 is 51.4 Å². The summed E-state index contributed by atoms with van der Waals surface area (Å²) in [5.74, 6) is -0.546. The van der Waals surface area contributed by atoms with Gasteiger partial charge in [-0.2, -0.15) is 0 Å². The van der Waals surface area contributed by atoms with Crippen LogP contribution in [0.5, 0.6) is 0 Å². The van der Waals surface area contributed by atoms with Crippen molar-refractivity contribution in [1.29, 1.82) is 0 Å². The summed E-state index contributed by atoms with van der Waals surface area (Å²) in [6.07, 6.45) is 10.8. The number of carboxylic acids is 2. The molecule has 0 fully saturated rings. The molecule has 0 rings (SSSR count). The predicted octanol–water partition coefficient (Wildman–Crippen LogP) is 6.49. The third-order valence-electron chi connectivity index (χ3n) is 8.06. The first kappa shape index (κ1) is 58.8. The van der Waals surface area contributed by atoms with Gasteiger partial charge in [0.05, 0.1) is 17.4 Å². The van der Waals surface area contributed by atoms with Gasteiger partial charge in [-0.25, -0.2) is 0 Å². The van der Waals surface area contributed by atoms with Crippen LogP contribution in [0.4, 0.5) is 0 Å². The number of carboxylic acid groups (broad SMARTS) is 2. The molecule has 0 aliphatic carbocycles. The average Bonchev–Trinajstić information content (AvgIpc) is 3.02. The van der Waals surface area contributed by atoms with E-state index in [-0.39, 0.29) is 78.1 Å². The number of thioether (sulfide) groups is 2. The van der Waals surface area contributed by atoms with Crippen molar-refractivity contribution in [2.75, 3.05) is 23.4 Å². The van der Waals surface area contributed by atoms with Gasteiger partial charge in [0.1, 0.15) is 0 Å². The Kier molecular flexibility index (Phi) is 42.5. The van der Waals surface area contributed by atoms with Crippen LogP contribution in [0.1, 0.15) is 146 Å². The number of alkyl halides is 1. The minimum atomic E-state index is -0.771. The van der Waals surface area contributed by atoms with E-state index in [0.29, 0.717) is 37.0 Å². The van der Waals surface area contributed by atoms with E-state index in [1.54, 1.807) is 6.92 Å². The molecule has 49 heavy (non-hydrogen) atoms. The van der Waals surface area contributed by atoms with Crippen molar-refractivity contribution in [3.05, 3.63) is 0 Å². The number of halogens is 1. The van der Waals surface area contributed by atoms with Crippen molar-refractivity contribution in [3.8, 4) is 0 Å². The molecule has 0 aliphatic heterocycles. The Morgan fingerprint density at radius 3 is 1.31 bits per heavy atom. The number of unbranched alkanes of at least 4 members (excludes halogenated alkanes) is 3. The number of hydrogen-bond donors (Lipinski definition) is 2. The Balaban J connectivity index is -0.000000187. The van der Waals surface area contributed by atoms with Crippen LogP contribution in [0.3, 0.4) is 0 Å². The molecule has 9 nitrogen and oxygen atoms in total. The molecule has 0 unspecified atom stereocenters. The fourth-order valence-electron chi connectivity index (χ4n) is 4.22. The zero-order valence-corrected chi connectivity index (χ0v) is 39.3. The molecule has 0 aromatic carbocycles. The first-order valence-corrected chi connectivity index (χ1v) is 20.4. The molecule has 14 heteroatoms. The monoisotopic (exact) mass is 842 g/mol. The van der Waals surface area contributed by atoms with Gasteiger partial charge in [0.2, 0.25) is 0 Å². The van der Waals surface area contributed by atoms with Crippen molar-refractivity contribution in [2.24, 2.45) is 16.2 Å². The molecule has 0 aromatic rings. The van der Waals surface area contributed by atoms with E-state index in [1.165, 1.54) is 32.5 Å². The van der Waals surface area contributed by atoms with Crippen molar-refractivity contribution in [3.63, 3.8) is 0 Å². The molecule has 0 saturated heterocycles. The summed E-state index contributed by atoms with van der Waals surface area (Å²) in [6.45, 7) is 18.4. The second kappa shape index (κ2) is 35.5. The number of aliphatic carboxylic acids is 2. The smallest absolute Gasteiger partial charge is 0.742 e. The van der Waals surface area contributed by atoms with Gasteiger partial charge in [0, 0.05) is 48.1 Å². The van der Waals surface area contributed by atoms with E-state index in [2.05, 4.69) is 49.3 Å². The summed E-state index contributed by atoms with van der Waals surface area (Å²) in [7, 11) is 0. The van der Waals surface area contributed by atoms with Crippen molar-refractivity contribution in [1.82, 2.24) is 0 Å². The molecule has 0 spiro atoms. The molecule has 0 amide bonds. The molecule has 2 N–H and O–H groups in total. The van der Waals surface area contributed by atoms with Crippen LogP contribution in [0.2, 0.25) is 0 Å². The minimum Gasteiger partial charge on any atom is -0.742 e. The van der Waals surface area contributed by atoms with Crippen LogP contribution in [0.15, 0.2) is 0 Å². The van der Waals surface area contributed by atoms with Crippen LogP contribution in [-0.2, 0) is 46.1 Å². The summed E-state index contributed by atoms with van der Waals surface area (Å²) in [5, 5.41) is 18.7. The van der Waals surface area contributed by atoms with Crippen LogP contribution in [0, 0.1) is 16.2 Å². The third kappa shape index (κ3) is 31.7. The molecule has 3 atom stereocenters. The van der Waals surface area contributed by atoms with Crippen molar-refractivity contribution >= 4 is 85.3 Å². The fraction of sp³-hybridized carbons (Fsp3) is 0.829. The van der Waals surface area contributed by atoms with Gasteiger partial charge in [0.15, 0.2) is 10.2 Å². The number of hydrogen-bond acceptors (Lipinski definition) is 10. The van der Waals surface area contributed by atoms with Gasteiger partial charge in [-0.05, 0) is 45.4 Å². The average molecular weight is 844 g/mol. The Labute approximate surface area is 362 Å². The molecular weight excluding hydrogens is 780 g/mol. The van der Waals surface area contributed by atoms with Gasteiger partial charge < -0.3 is 32.4 Å². The van der Waals surface area contributed by atoms with Gasteiger partial charge in [-0.15, -0.1) is 0 Å². The Bertz CT molecular complexity index is 912. The number of ether oxygens (including phenoxy) is 1. The molecule has 284 valence electrons. The van der Waals surface area contributed by atoms with Gasteiger partial charge >= 0.3 is 69.3 Å².